The van der Waals surface area contributed by atoms with Crippen LogP contribution >= 0.6 is 0 Å². The van der Waals surface area contributed by atoms with Crippen LogP contribution in [0.1, 0.15) is 48.8 Å². The van der Waals surface area contributed by atoms with Crippen LogP contribution in [0.15, 0.2) is 36.7 Å². The second kappa shape index (κ2) is 7.43. The Labute approximate surface area is 205 Å². The topological polar surface area (TPSA) is 88.8 Å². The number of benzene rings is 1. The molecule has 7 heteroatoms. The largest absolute Gasteiger partial charge is 0.504 e. The molecule has 2 bridgehead atoms. The molecule has 184 valence electrons. The zero-order valence-electron chi connectivity index (χ0n) is 20.2. The fourth-order valence-electron chi connectivity index (χ4n) is 7.88. The van der Waals surface area contributed by atoms with Gasteiger partial charge in [-0.3, -0.25) is 14.7 Å². The molecule has 1 saturated heterocycles. The van der Waals surface area contributed by atoms with Gasteiger partial charge in [0.05, 0.1) is 18.5 Å². The Kier molecular flexibility index (Phi) is 4.59. The van der Waals surface area contributed by atoms with Gasteiger partial charge >= 0.3 is 0 Å². The number of amides is 1. The molecule has 2 aliphatic heterocycles. The molecule has 2 aromatic rings. The molecule has 3 N–H and O–H groups in total. The predicted octanol–water partition coefficient (Wildman–Crippen LogP) is 2.15. The predicted molar refractivity (Wildman–Crippen MR) is 131 cm³/mol. The molecule has 3 fully saturated rings. The number of hydrogen-bond acceptors (Lipinski definition) is 5. The minimum atomic E-state index is -0.680. The Balaban J connectivity index is 1.28. The van der Waals surface area contributed by atoms with Crippen LogP contribution in [0.3, 0.4) is 0 Å². The van der Waals surface area contributed by atoms with E-state index in [1.54, 1.807) is 18.5 Å². The third-order valence-corrected chi connectivity index (χ3v) is 9.75. The molecule has 3 heterocycles. The highest BCUT2D eigenvalue weighted by molar-refractivity contribution is 5.79. The fourth-order valence-corrected chi connectivity index (χ4v) is 7.88. The van der Waals surface area contributed by atoms with Gasteiger partial charge in [-0.05, 0) is 61.3 Å². The molecule has 1 aromatic heterocycles. The van der Waals surface area contributed by atoms with Gasteiger partial charge in [0, 0.05) is 44.5 Å². The van der Waals surface area contributed by atoms with Crippen molar-refractivity contribution < 1.29 is 19.7 Å². The molecule has 5 atom stereocenters. The summed E-state index contributed by atoms with van der Waals surface area (Å²) in [6.07, 6.45) is 9.23. The number of hydrogen-bond donors (Lipinski definition) is 1. The second-order valence-corrected chi connectivity index (χ2v) is 11.5. The molecule has 1 amide bonds. The number of aromatic hydroxyl groups is 1. The summed E-state index contributed by atoms with van der Waals surface area (Å²) in [5.74, 6) is 1.56. The van der Waals surface area contributed by atoms with Crippen LogP contribution in [-0.2, 0) is 23.1 Å². The SMILES string of the molecule is CN(C(=O)Cc1cccnc1)[C@H]1CC[C@@]2([OH2+])[C@H]3Cc4ccc(O)c5c4[C@@]2(CCN3CC2CC2)[C@H]1O5. The number of piperidine rings is 1. The zero-order chi connectivity index (χ0) is 23.9. The van der Waals surface area contributed by atoms with E-state index in [2.05, 4.69) is 16.0 Å². The van der Waals surface area contributed by atoms with E-state index in [-0.39, 0.29) is 29.8 Å². The van der Waals surface area contributed by atoms with Gasteiger partial charge in [-0.15, -0.1) is 0 Å². The number of pyridine rings is 1. The van der Waals surface area contributed by atoms with E-state index in [9.17, 15) is 15.0 Å². The first kappa shape index (κ1) is 21.6. The number of ether oxygens (including phenoxy) is 1. The number of nitrogens with zero attached hydrogens (tertiary/aromatic N) is 3. The van der Waals surface area contributed by atoms with Crippen LogP contribution in [0.2, 0.25) is 0 Å². The summed E-state index contributed by atoms with van der Waals surface area (Å²) in [5, 5.41) is 20.9. The van der Waals surface area contributed by atoms with E-state index >= 15 is 0 Å². The summed E-state index contributed by atoms with van der Waals surface area (Å²) in [4.78, 5) is 22.0. The van der Waals surface area contributed by atoms with Crippen molar-refractivity contribution in [3.8, 4) is 11.5 Å². The number of aromatic nitrogens is 1. The lowest BCUT2D eigenvalue weighted by molar-refractivity contribution is -0.200. The molecule has 0 radical (unpaired) electrons. The van der Waals surface area contributed by atoms with Crippen LogP contribution in [0, 0.1) is 5.92 Å². The Hall–Kier alpha value is -2.64. The van der Waals surface area contributed by atoms with Gasteiger partial charge in [0.2, 0.25) is 5.91 Å². The number of rotatable bonds is 5. The number of likely N-dealkylation sites (N-methyl/N-ethyl adjacent to an activating group) is 1. The van der Waals surface area contributed by atoms with Crippen molar-refractivity contribution in [3.05, 3.63) is 53.3 Å². The average Bonchev–Trinajstić information content (AvgIpc) is 3.60. The molecular weight excluding hydrogens is 442 g/mol. The van der Waals surface area contributed by atoms with Gasteiger partial charge in [0.1, 0.15) is 11.5 Å². The highest BCUT2D eigenvalue weighted by Gasteiger charge is 2.76. The summed E-state index contributed by atoms with van der Waals surface area (Å²) < 4.78 is 6.64. The van der Waals surface area contributed by atoms with Crippen molar-refractivity contribution in [3.63, 3.8) is 0 Å². The van der Waals surface area contributed by atoms with Crippen LogP contribution in [0.25, 0.3) is 0 Å². The fraction of sp³-hybridized carbons (Fsp3) is 0.571. The van der Waals surface area contributed by atoms with Crippen LogP contribution < -0.4 is 4.74 Å². The lowest BCUT2D eigenvalue weighted by Gasteiger charge is -2.61. The minimum Gasteiger partial charge on any atom is -0.504 e. The third-order valence-electron chi connectivity index (χ3n) is 9.75. The first-order valence-corrected chi connectivity index (χ1v) is 13.1. The summed E-state index contributed by atoms with van der Waals surface area (Å²) in [7, 11) is 1.88. The molecule has 35 heavy (non-hydrogen) atoms. The van der Waals surface area contributed by atoms with E-state index in [0.717, 1.165) is 55.8 Å². The smallest absolute Gasteiger partial charge is 0.227 e. The minimum absolute atomic E-state index is 0.0411. The van der Waals surface area contributed by atoms with Gasteiger partial charge in [-0.1, -0.05) is 12.1 Å². The second-order valence-electron chi connectivity index (χ2n) is 11.5. The van der Waals surface area contributed by atoms with Gasteiger partial charge in [-0.25, -0.2) is 0 Å². The number of carbonyl (C=O) groups is 1. The lowest BCUT2D eigenvalue weighted by atomic mass is 9.48. The number of carbonyl (C=O) groups excluding carboxylic acids is 1. The number of phenolic OH excluding ortho intramolecular Hbond substituents is 1. The summed E-state index contributed by atoms with van der Waals surface area (Å²) in [6.45, 7) is 2.05. The summed E-state index contributed by atoms with van der Waals surface area (Å²) >= 11 is 0. The van der Waals surface area contributed by atoms with Crippen LogP contribution in [0.5, 0.6) is 11.5 Å². The lowest BCUT2D eigenvalue weighted by Crippen LogP contribution is -2.78. The molecule has 3 aliphatic carbocycles. The molecule has 1 spiro atoms. The molecule has 0 unspecified atom stereocenters. The number of phenols is 1. The number of likely N-dealkylation sites (tertiary alicyclic amines) is 1. The maximum atomic E-state index is 13.4. The summed E-state index contributed by atoms with van der Waals surface area (Å²) in [6, 6.07) is 7.62. The molecule has 1 aromatic carbocycles. The van der Waals surface area contributed by atoms with Crippen molar-refractivity contribution in [2.75, 3.05) is 20.1 Å². The average molecular weight is 477 g/mol. The Bertz CT molecular complexity index is 1180. The maximum absolute atomic E-state index is 13.4. The van der Waals surface area contributed by atoms with Gasteiger partial charge < -0.3 is 19.8 Å². The first-order valence-electron chi connectivity index (χ1n) is 13.1. The molecule has 5 aliphatic rings. The zero-order valence-corrected chi connectivity index (χ0v) is 20.2. The van der Waals surface area contributed by atoms with Crippen molar-refractivity contribution in [1.82, 2.24) is 14.8 Å². The first-order chi connectivity index (χ1) is 16.9. The quantitative estimate of drug-likeness (QED) is 0.668. The highest BCUT2D eigenvalue weighted by atomic mass is 16.5. The van der Waals surface area contributed by atoms with E-state index in [1.807, 2.05) is 24.1 Å². The molecule has 7 rings (SSSR count). The maximum Gasteiger partial charge on any atom is 0.227 e. The molecule has 2 saturated carbocycles. The van der Waals surface area contributed by atoms with E-state index in [0.29, 0.717) is 12.2 Å². The van der Waals surface area contributed by atoms with Gasteiger partial charge in [0.25, 0.3) is 0 Å². The van der Waals surface area contributed by atoms with Crippen molar-refractivity contribution in [2.24, 2.45) is 5.92 Å². The van der Waals surface area contributed by atoms with Gasteiger partial charge in [-0.2, -0.15) is 0 Å². The Morgan fingerprint density at radius 1 is 1.29 bits per heavy atom. The van der Waals surface area contributed by atoms with E-state index in [4.69, 9.17) is 4.74 Å². The van der Waals surface area contributed by atoms with Crippen LogP contribution in [-0.4, -0.2) is 74.8 Å². The van der Waals surface area contributed by atoms with Crippen molar-refractivity contribution in [1.29, 1.82) is 0 Å². The normalized spacial score (nSPS) is 34.7. The Morgan fingerprint density at radius 2 is 2.14 bits per heavy atom. The summed E-state index contributed by atoms with van der Waals surface area (Å²) in [5.41, 5.74) is 2.01. The third kappa shape index (κ3) is 2.91. The Morgan fingerprint density at radius 3 is 2.91 bits per heavy atom. The standard InChI is InChI=1S/C28H33N3O4/c1-30(23(33)13-18-3-2-11-29-15-18)20-8-9-28(34)22-14-19-6-7-21(32)25-24(19)27(28,26(20)35-25)10-12-31(22)16-17-4-5-17/h2-3,6-7,11,15,17,20,22,26,32,34H,4-5,8-10,12-14,16H2,1H3/p+1/t20-,22+,26-,27-,28+/m0/s1. The van der Waals surface area contributed by atoms with Gasteiger partial charge in [0.15, 0.2) is 17.1 Å². The van der Waals surface area contributed by atoms with Crippen molar-refractivity contribution >= 4 is 5.91 Å². The monoisotopic (exact) mass is 476 g/mol. The molecular formula is C28H34N3O4+. The highest BCUT2D eigenvalue weighted by Crippen LogP contribution is 2.66. The van der Waals surface area contributed by atoms with E-state index < -0.39 is 11.0 Å². The molecule has 7 nitrogen and oxygen atoms in total. The van der Waals surface area contributed by atoms with Crippen molar-refractivity contribution in [2.45, 2.75) is 74.1 Å². The van der Waals surface area contributed by atoms with E-state index in [1.165, 1.54) is 18.4 Å². The van der Waals surface area contributed by atoms with Crippen LogP contribution in [0.4, 0.5) is 0 Å².